The Bertz CT molecular complexity index is 1010. The number of carbonyl (C=O) groups excluding carboxylic acids is 1. The number of halogens is 3. The zero-order valence-electron chi connectivity index (χ0n) is 14.3. The van der Waals surface area contributed by atoms with Crippen molar-refractivity contribution in [3.05, 3.63) is 52.0 Å². The Morgan fingerprint density at radius 3 is 2.54 bits per heavy atom. The number of nitrogens with zero attached hydrogens (tertiary/aromatic N) is 2. The van der Waals surface area contributed by atoms with Gasteiger partial charge in [-0.3, -0.25) is 4.79 Å². The molecule has 0 fully saturated rings. The minimum absolute atomic E-state index is 0.107. The van der Waals surface area contributed by atoms with Crippen LogP contribution in [-0.4, -0.2) is 17.9 Å². The van der Waals surface area contributed by atoms with Gasteiger partial charge >= 0.3 is 6.18 Å². The highest BCUT2D eigenvalue weighted by molar-refractivity contribution is 7.21. The van der Waals surface area contributed by atoms with Gasteiger partial charge in [0.05, 0.1) is 5.69 Å². The van der Waals surface area contributed by atoms with Gasteiger partial charge in [0.25, 0.3) is 5.91 Å². The van der Waals surface area contributed by atoms with Crippen LogP contribution in [0.3, 0.4) is 0 Å². The molecule has 2 heterocycles. The average molecular weight is 379 g/mol. The first-order chi connectivity index (χ1) is 12.1. The van der Waals surface area contributed by atoms with Gasteiger partial charge in [-0.1, -0.05) is 12.1 Å². The van der Waals surface area contributed by atoms with Crippen molar-refractivity contribution < 1.29 is 18.0 Å². The van der Waals surface area contributed by atoms with Crippen LogP contribution in [0.15, 0.2) is 30.3 Å². The molecule has 0 saturated heterocycles. The third-order valence-corrected chi connectivity index (χ3v) is 5.16. The van der Waals surface area contributed by atoms with Gasteiger partial charge in [-0.05, 0) is 43.2 Å². The Hall–Kier alpha value is -2.61. The maximum atomic E-state index is 13.0. The van der Waals surface area contributed by atoms with Gasteiger partial charge in [0.15, 0.2) is 0 Å². The zero-order valence-corrected chi connectivity index (χ0v) is 15.1. The van der Waals surface area contributed by atoms with Crippen LogP contribution in [0.5, 0.6) is 0 Å². The summed E-state index contributed by atoms with van der Waals surface area (Å²) in [6.45, 7) is 3.43. The third kappa shape index (κ3) is 3.12. The Morgan fingerprint density at radius 2 is 1.92 bits per heavy atom. The van der Waals surface area contributed by atoms with Crippen LogP contribution in [0, 0.1) is 13.8 Å². The second-order valence-electron chi connectivity index (χ2n) is 6.05. The van der Waals surface area contributed by atoms with Crippen LogP contribution >= 0.6 is 11.3 Å². The van der Waals surface area contributed by atoms with E-state index in [0.717, 1.165) is 23.0 Å². The van der Waals surface area contributed by atoms with Gasteiger partial charge < -0.3 is 10.6 Å². The van der Waals surface area contributed by atoms with E-state index in [1.165, 1.54) is 11.8 Å². The minimum atomic E-state index is -4.56. The van der Waals surface area contributed by atoms with Crippen LogP contribution in [0.2, 0.25) is 0 Å². The number of alkyl halides is 3. The number of aryl methyl sites for hydroxylation is 2. The highest BCUT2D eigenvalue weighted by Crippen LogP contribution is 2.39. The van der Waals surface area contributed by atoms with Crippen molar-refractivity contribution in [2.45, 2.75) is 20.0 Å². The molecule has 2 aromatic heterocycles. The fraction of sp³-hybridized carbons (Fsp3) is 0.222. The van der Waals surface area contributed by atoms with Gasteiger partial charge in [0, 0.05) is 18.1 Å². The van der Waals surface area contributed by atoms with Gasteiger partial charge in [-0.25, -0.2) is 4.98 Å². The number of nitrogens with two attached hydrogens (primary N) is 1. The second kappa shape index (κ2) is 6.28. The number of rotatable bonds is 2. The lowest BCUT2D eigenvalue weighted by Gasteiger charge is -2.17. The Kier molecular flexibility index (Phi) is 4.39. The largest absolute Gasteiger partial charge is 0.433 e. The van der Waals surface area contributed by atoms with Crippen molar-refractivity contribution in [2.75, 3.05) is 17.7 Å². The number of hydrogen-bond donors (Lipinski definition) is 1. The van der Waals surface area contributed by atoms with Gasteiger partial charge in [-0.2, -0.15) is 13.2 Å². The molecule has 26 heavy (non-hydrogen) atoms. The number of amides is 1. The smallest absolute Gasteiger partial charge is 0.397 e. The van der Waals surface area contributed by atoms with Gasteiger partial charge in [0.2, 0.25) is 0 Å². The molecule has 0 spiro atoms. The molecule has 0 atom stereocenters. The molecule has 0 radical (unpaired) electrons. The van der Waals surface area contributed by atoms with Crippen LogP contribution in [0.25, 0.3) is 10.2 Å². The number of aromatic nitrogens is 1. The fourth-order valence-corrected chi connectivity index (χ4v) is 3.87. The summed E-state index contributed by atoms with van der Waals surface area (Å²) in [5.74, 6) is -0.385. The average Bonchev–Trinajstić information content (AvgIpc) is 2.90. The van der Waals surface area contributed by atoms with Crippen LogP contribution < -0.4 is 10.6 Å². The summed E-state index contributed by atoms with van der Waals surface area (Å²) in [6, 6.07) is 8.29. The SMILES string of the molecule is Cc1cccc(N(C)C(=O)c2sc3nc(C(F)(F)F)cc(C)c3c2N)c1. The molecule has 1 amide bonds. The topological polar surface area (TPSA) is 59.2 Å². The fourth-order valence-electron chi connectivity index (χ4n) is 2.72. The maximum absolute atomic E-state index is 13.0. The van der Waals surface area contributed by atoms with Gasteiger partial charge in [0.1, 0.15) is 15.4 Å². The minimum Gasteiger partial charge on any atom is -0.397 e. The molecular formula is C18H16F3N3OS. The highest BCUT2D eigenvalue weighted by Gasteiger charge is 2.34. The molecule has 0 aliphatic carbocycles. The summed E-state index contributed by atoms with van der Waals surface area (Å²) < 4.78 is 39.0. The molecule has 0 unspecified atom stereocenters. The zero-order chi connectivity index (χ0) is 19.2. The second-order valence-corrected chi connectivity index (χ2v) is 7.05. The Balaban J connectivity index is 2.09. The summed E-state index contributed by atoms with van der Waals surface area (Å²) in [5, 5.41) is 0.393. The van der Waals surface area contributed by atoms with Crippen molar-refractivity contribution in [3.8, 4) is 0 Å². The molecule has 0 saturated carbocycles. The van der Waals surface area contributed by atoms with Crippen LogP contribution in [-0.2, 0) is 6.18 Å². The summed E-state index contributed by atoms with van der Waals surface area (Å²) >= 11 is 0.876. The predicted molar refractivity (Wildman–Crippen MR) is 97.7 cm³/mol. The number of nitrogen functional groups attached to an aromatic ring is 1. The summed E-state index contributed by atoms with van der Waals surface area (Å²) in [5.41, 5.74) is 7.26. The molecule has 3 rings (SSSR count). The van der Waals surface area contributed by atoms with E-state index in [0.29, 0.717) is 16.6 Å². The van der Waals surface area contributed by atoms with Crippen molar-refractivity contribution in [3.63, 3.8) is 0 Å². The molecule has 8 heteroatoms. The first kappa shape index (κ1) is 18.2. The molecule has 4 nitrogen and oxygen atoms in total. The number of benzene rings is 1. The van der Waals surface area contributed by atoms with E-state index in [1.54, 1.807) is 13.1 Å². The number of carbonyl (C=O) groups is 1. The van der Waals surface area contributed by atoms with E-state index >= 15 is 0 Å². The van der Waals surface area contributed by atoms with E-state index in [1.807, 2.05) is 25.1 Å². The number of fused-ring (bicyclic) bond motifs is 1. The van der Waals surface area contributed by atoms with Crippen LogP contribution in [0.1, 0.15) is 26.5 Å². The van der Waals surface area contributed by atoms with E-state index in [2.05, 4.69) is 4.98 Å². The number of anilines is 2. The summed E-state index contributed by atoms with van der Waals surface area (Å²) in [4.78, 5) is 18.2. The highest BCUT2D eigenvalue weighted by atomic mass is 32.1. The normalized spacial score (nSPS) is 11.8. The Morgan fingerprint density at radius 1 is 1.23 bits per heavy atom. The van der Waals surface area contributed by atoms with E-state index in [9.17, 15) is 18.0 Å². The maximum Gasteiger partial charge on any atom is 0.433 e. The standard InChI is InChI=1S/C18H16F3N3OS/c1-9-5-4-6-11(7-9)24(3)17(25)15-14(22)13-10(2)8-12(18(19,20)21)23-16(13)26-15/h4-8H,22H2,1-3H3. The molecule has 0 bridgehead atoms. The molecule has 2 N–H and O–H groups in total. The molecule has 1 aromatic carbocycles. The molecule has 3 aromatic rings. The summed E-state index contributed by atoms with van der Waals surface area (Å²) in [6.07, 6.45) is -4.56. The summed E-state index contributed by atoms with van der Waals surface area (Å²) in [7, 11) is 1.60. The van der Waals surface area contributed by atoms with E-state index in [4.69, 9.17) is 5.73 Å². The van der Waals surface area contributed by atoms with Crippen molar-refractivity contribution in [1.29, 1.82) is 0 Å². The van der Waals surface area contributed by atoms with Crippen LogP contribution in [0.4, 0.5) is 24.5 Å². The quantitative estimate of drug-likeness (QED) is 0.696. The molecule has 0 aliphatic rings. The first-order valence-electron chi connectivity index (χ1n) is 7.71. The number of thiophene rings is 1. The van der Waals surface area contributed by atoms with E-state index in [-0.39, 0.29) is 21.3 Å². The van der Waals surface area contributed by atoms with E-state index < -0.39 is 11.9 Å². The molecule has 0 aliphatic heterocycles. The molecule has 136 valence electrons. The van der Waals surface area contributed by atoms with Crippen molar-refractivity contribution in [2.24, 2.45) is 0 Å². The van der Waals surface area contributed by atoms with Crippen molar-refractivity contribution in [1.82, 2.24) is 4.98 Å². The lowest BCUT2D eigenvalue weighted by Crippen LogP contribution is -2.26. The Labute approximate surface area is 152 Å². The van der Waals surface area contributed by atoms with Crippen molar-refractivity contribution >= 4 is 38.8 Å². The first-order valence-corrected chi connectivity index (χ1v) is 8.52. The number of pyridine rings is 1. The van der Waals surface area contributed by atoms with Gasteiger partial charge in [-0.15, -0.1) is 11.3 Å². The predicted octanol–water partition coefficient (Wildman–Crippen LogP) is 4.79. The lowest BCUT2D eigenvalue weighted by atomic mass is 10.1. The third-order valence-electron chi connectivity index (χ3n) is 4.07. The number of hydrogen-bond acceptors (Lipinski definition) is 4. The lowest BCUT2D eigenvalue weighted by molar-refractivity contribution is -0.141. The monoisotopic (exact) mass is 379 g/mol. The molecular weight excluding hydrogens is 363 g/mol.